The van der Waals surface area contributed by atoms with Crippen LogP contribution in [0.5, 0.6) is 0 Å². The predicted molar refractivity (Wildman–Crippen MR) is 68.7 cm³/mol. The van der Waals surface area contributed by atoms with E-state index in [1.54, 1.807) is 24.0 Å². The van der Waals surface area contributed by atoms with Crippen molar-refractivity contribution in [3.05, 3.63) is 22.4 Å². The predicted octanol–water partition coefficient (Wildman–Crippen LogP) is 1.90. The molecule has 1 fully saturated rings. The summed E-state index contributed by atoms with van der Waals surface area (Å²) in [5.41, 5.74) is 0.831. The lowest BCUT2D eigenvalue weighted by molar-refractivity contribution is -0.128. The van der Waals surface area contributed by atoms with Crippen molar-refractivity contribution in [2.45, 2.75) is 19.8 Å². The molecule has 6 heteroatoms. The molecule has 1 saturated heterocycles. The van der Waals surface area contributed by atoms with Gasteiger partial charge in [-0.3, -0.25) is 4.79 Å². The second-order valence-electron chi connectivity index (χ2n) is 4.02. The highest BCUT2D eigenvalue weighted by Crippen LogP contribution is 2.12. The Kier molecular flexibility index (Phi) is 4.09. The van der Waals surface area contributed by atoms with Crippen LogP contribution in [0.2, 0.25) is 0 Å². The molecule has 1 aromatic rings. The monoisotopic (exact) mass is 266 g/mol. The molecule has 0 saturated carbocycles. The molecule has 0 unspecified atom stereocenters. The maximum atomic E-state index is 11.5. The van der Waals surface area contributed by atoms with Crippen molar-refractivity contribution >= 4 is 28.9 Å². The molecule has 0 aromatic carbocycles. The van der Waals surface area contributed by atoms with Gasteiger partial charge in [-0.15, -0.1) is 11.3 Å². The van der Waals surface area contributed by atoms with E-state index in [1.807, 2.05) is 5.38 Å². The van der Waals surface area contributed by atoms with E-state index in [0.717, 1.165) is 5.71 Å². The Morgan fingerprint density at radius 3 is 2.67 bits per heavy atom. The van der Waals surface area contributed by atoms with Crippen LogP contribution in [0, 0.1) is 0 Å². The van der Waals surface area contributed by atoms with Gasteiger partial charge < -0.3 is 9.74 Å². The SMILES string of the molecule is CC(=O)N1CCC(=NOC(=O)c2cccs2)CC1. The Bertz CT molecular complexity index is 458. The molecule has 0 bridgehead atoms. The first-order valence-corrected chi connectivity index (χ1v) is 6.61. The summed E-state index contributed by atoms with van der Waals surface area (Å²) in [4.78, 5) is 29.9. The van der Waals surface area contributed by atoms with E-state index in [2.05, 4.69) is 5.16 Å². The number of thiophene rings is 1. The molecular weight excluding hydrogens is 252 g/mol. The average molecular weight is 266 g/mol. The van der Waals surface area contributed by atoms with Crippen LogP contribution >= 0.6 is 11.3 Å². The molecule has 0 N–H and O–H groups in total. The fraction of sp³-hybridized carbons (Fsp3) is 0.417. The fourth-order valence-electron chi connectivity index (χ4n) is 1.72. The molecule has 0 radical (unpaired) electrons. The van der Waals surface area contributed by atoms with Crippen LogP contribution in [-0.4, -0.2) is 35.6 Å². The van der Waals surface area contributed by atoms with E-state index >= 15 is 0 Å². The summed E-state index contributed by atoms with van der Waals surface area (Å²) in [5.74, 6) is -0.351. The van der Waals surface area contributed by atoms with Gasteiger partial charge in [-0.05, 0) is 11.4 Å². The van der Waals surface area contributed by atoms with Crippen molar-refractivity contribution in [1.82, 2.24) is 4.90 Å². The topological polar surface area (TPSA) is 59.0 Å². The lowest BCUT2D eigenvalue weighted by Gasteiger charge is -2.25. The van der Waals surface area contributed by atoms with Crippen LogP contribution in [0.15, 0.2) is 22.7 Å². The van der Waals surface area contributed by atoms with E-state index in [0.29, 0.717) is 30.8 Å². The summed E-state index contributed by atoms with van der Waals surface area (Å²) in [6.45, 7) is 2.84. The number of carbonyl (C=O) groups is 2. The molecule has 2 rings (SSSR count). The molecule has 1 aromatic heterocycles. The molecule has 1 aliphatic heterocycles. The first-order valence-electron chi connectivity index (χ1n) is 5.73. The van der Waals surface area contributed by atoms with E-state index in [-0.39, 0.29) is 5.91 Å². The maximum absolute atomic E-state index is 11.5. The second-order valence-corrected chi connectivity index (χ2v) is 4.97. The third-order valence-corrected chi connectivity index (χ3v) is 3.62. The highest BCUT2D eigenvalue weighted by molar-refractivity contribution is 7.11. The normalized spacial score (nSPS) is 15.4. The standard InChI is InChI=1S/C12H14N2O3S/c1-9(15)14-6-4-10(5-7-14)13-17-12(16)11-3-2-8-18-11/h2-3,8H,4-7H2,1H3. The summed E-state index contributed by atoms with van der Waals surface area (Å²) in [6, 6.07) is 3.49. The fourth-order valence-corrected chi connectivity index (χ4v) is 2.31. The molecule has 96 valence electrons. The Balaban J connectivity index is 1.85. The zero-order valence-electron chi connectivity index (χ0n) is 10.1. The van der Waals surface area contributed by atoms with Crippen molar-refractivity contribution in [1.29, 1.82) is 0 Å². The van der Waals surface area contributed by atoms with E-state index in [1.165, 1.54) is 11.3 Å². The van der Waals surface area contributed by atoms with Crippen molar-refractivity contribution in [3.8, 4) is 0 Å². The van der Waals surface area contributed by atoms with Crippen LogP contribution in [0.3, 0.4) is 0 Å². The Labute approximate surface area is 109 Å². The smallest absolute Gasteiger partial charge is 0.342 e. The van der Waals surface area contributed by atoms with Gasteiger partial charge in [-0.2, -0.15) is 0 Å². The third-order valence-electron chi connectivity index (χ3n) is 2.77. The van der Waals surface area contributed by atoms with Gasteiger partial charge in [0.05, 0.1) is 5.71 Å². The number of rotatable bonds is 2. The summed E-state index contributed by atoms with van der Waals surface area (Å²) < 4.78 is 0. The third kappa shape index (κ3) is 3.16. The van der Waals surface area contributed by atoms with Crippen LogP contribution in [0.4, 0.5) is 0 Å². The number of amides is 1. The zero-order valence-corrected chi connectivity index (χ0v) is 10.9. The van der Waals surface area contributed by atoms with Gasteiger partial charge in [-0.1, -0.05) is 11.2 Å². The summed E-state index contributed by atoms with van der Waals surface area (Å²) >= 11 is 1.33. The molecular formula is C12H14N2O3S. The molecule has 1 amide bonds. The van der Waals surface area contributed by atoms with Crippen LogP contribution in [-0.2, 0) is 9.63 Å². The number of hydrogen-bond donors (Lipinski definition) is 0. The van der Waals surface area contributed by atoms with E-state index < -0.39 is 5.97 Å². The minimum atomic E-state index is -0.425. The molecule has 0 spiro atoms. The maximum Gasteiger partial charge on any atom is 0.375 e. The number of nitrogens with zero attached hydrogens (tertiary/aromatic N) is 2. The summed E-state index contributed by atoms with van der Waals surface area (Å²) in [7, 11) is 0. The molecule has 18 heavy (non-hydrogen) atoms. The van der Waals surface area contributed by atoms with Gasteiger partial charge in [0.15, 0.2) is 0 Å². The number of carbonyl (C=O) groups excluding carboxylic acids is 2. The van der Waals surface area contributed by atoms with Gasteiger partial charge in [-0.25, -0.2) is 4.79 Å². The Morgan fingerprint density at radius 1 is 1.39 bits per heavy atom. The largest absolute Gasteiger partial charge is 0.375 e. The zero-order chi connectivity index (χ0) is 13.0. The number of oxime groups is 1. The van der Waals surface area contributed by atoms with Gasteiger partial charge in [0.25, 0.3) is 0 Å². The van der Waals surface area contributed by atoms with Crippen LogP contribution in [0.25, 0.3) is 0 Å². The van der Waals surface area contributed by atoms with Crippen molar-refractivity contribution < 1.29 is 14.4 Å². The highest BCUT2D eigenvalue weighted by atomic mass is 32.1. The Hall–Kier alpha value is -1.69. The van der Waals surface area contributed by atoms with Gasteiger partial charge in [0, 0.05) is 32.9 Å². The number of hydrogen-bond acceptors (Lipinski definition) is 5. The van der Waals surface area contributed by atoms with Gasteiger partial charge in [0.1, 0.15) is 4.88 Å². The molecule has 1 aliphatic rings. The molecule has 5 nitrogen and oxygen atoms in total. The minimum absolute atomic E-state index is 0.0737. The molecule has 0 aliphatic carbocycles. The Morgan fingerprint density at radius 2 is 2.11 bits per heavy atom. The van der Waals surface area contributed by atoms with E-state index in [4.69, 9.17) is 4.84 Å². The molecule has 0 atom stereocenters. The lowest BCUT2D eigenvalue weighted by Crippen LogP contribution is -2.37. The quantitative estimate of drug-likeness (QED) is 0.607. The average Bonchev–Trinajstić information content (AvgIpc) is 2.90. The van der Waals surface area contributed by atoms with Gasteiger partial charge in [0.2, 0.25) is 5.91 Å². The minimum Gasteiger partial charge on any atom is -0.342 e. The highest BCUT2D eigenvalue weighted by Gasteiger charge is 2.18. The molecule has 2 heterocycles. The van der Waals surface area contributed by atoms with E-state index in [9.17, 15) is 9.59 Å². The number of piperidine rings is 1. The number of likely N-dealkylation sites (tertiary alicyclic amines) is 1. The second kappa shape index (κ2) is 5.77. The van der Waals surface area contributed by atoms with Crippen LogP contribution in [0.1, 0.15) is 29.4 Å². The first-order chi connectivity index (χ1) is 8.66. The van der Waals surface area contributed by atoms with Crippen molar-refractivity contribution in [2.24, 2.45) is 5.16 Å². The van der Waals surface area contributed by atoms with Crippen LogP contribution < -0.4 is 0 Å². The lowest BCUT2D eigenvalue weighted by atomic mass is 10.1. The van der Waals surface area contributed by atoms with Crippen molar-refractivity contribution in [2.75, 3.05) is 13.1 Å². The summed E-state index contributed by atoms with van der Waals surface area (Å²) in [5, 5.41) is 5.68. The van der Waals surface area contributed by atoms with Gasteiger partial charge >= 0.3 is 5.97 Å². The van der Waals surface area contributed by atoms with Crippen molar-refractivity contribution in [3.63, 3.8) is 0 Å². The first kappa shape index (κ1) is 12.8. The summed E-state index contributed by atoms with van der Waals surface area (Å²) in [6.07, 6.45) is 1.33.